The highest BCUT2D eigenvalue weighted by Crippen LogP contribution is 2.34. The lowest BCUT2D eigenvalue weighted by Gasteiger charge is -2.22. The number of carbonyl (C=O) groups is 1. The summed E-state index contributed by atoms with van der Waals surface area (Å²) in [7, 11) is 0. The van der Waals surface area contributed by atoms with Crippen LogP contribution < -0.4 is 5.56 Å². The minimum absolute atomic E-state index is 0.0459. The van der Waals surface area contributed by atoms with Crippen molar-refractivity contribution in [3.8, 4) is 16.9 Å². The number of nitrogens with zero attached hydrogens (tertiary/aromatic N) is 5. The van der Waals surface area contributed by atoms with Crippen LogP contribution in [-0.4, -0.2) is 42.0 Å². The first-order valence-electron chi connectivity index (χ1n) is 12.6. The number of rotatable bonds is 3. The van der Waals surface area contributed by atoms with E-state index < -0.39 is 18.0 Å². The summed E-state index contributed by atoms with van der Waals surface area (Å²) in [5.41, 5.74) is 2.64. The molecule has 39 heavy (non-hydrogen) atoms. The van der Waals surface area contributed by atoms with E-state index in [0.717, 1.165) is 47.6 Å². The van der Waals surface area contributed by atoms with E-state index in [4.69, 9.17) is 0 Å². The molecule has 8 nitrogen and oxygen atoms in total. The minimum Gasteiger partial charge on any atom is -0.465 e. The van der Waals surface area contributed by atoms with Crippen LogP contribution in [0.15, 0.2) is 53.5 Å². The summed E-state index contributed by atoms with van der Waals surface area (Å²) < 4.78 is 42.2. The molecule has 0 spiro atoms. The van der Waals surface area contributed by atoms with Gasteiger partial charge in [0.1, 0.15) is 0 Å². The Balaban J connectivity index is 1.57. The van der Waals surface area contributed by atoms with Crippen LogP contribution >= 0.6 is 0 Å². The highest BCUT2D eigenvalue weighted by molar-refractivity contribution is 5.88. The second-order valence-electron chi connectivity index (χ2n) is 11.0. The Morgan fingerprint density at radius 3 is 2.44 bits per heavy atom. The van der Waals surface area contributed by atoms with Crippen LogP contribution in [0, 0.1) is 5.41 Å². The monoisotopic (exact) mass is 539 g/mol. The van der Waals surface area contributed by atoms with Gasteiger partial charge in [-0.25, -0.2) is 4.79 Å². The first-order chi connectivity index (χ1) is 18.3. The molecular formula is C28H28F3N5O3. The lowest BCUT2D eigenvalue weighted by Crippen LogP contribution is -2.28. The second kappa shape index (κ2) is 9.55. The molecule has 0 atom stereocenters. The fraction of sp³-hybridized carbons (Fsp3) is 0.357. The molecule has 1 aliphatic heterocycles. The van der Waals surface area contributed by atoms with Gasteiger partial charge >= 0.3 is 12.3 Å². The number of pyridine rings is 1. The molecule has 1 aliphatic rings. The first-order valence-corrected chi connectivity index (χ1v) is 12.6. The van der Waals surface area contributed by atoms with Crippen LogP contribution in [0.25, 0.3) is 27.8 Å². The molecule has 1 N–H and O–H groups in total. The molecule has 0 aliphatic carbocycles. The summed E-state index contributed by atoms with van der Waals surface area (Å²) in [6.45, 7) is 7.93. The molecular weight excluding hydrogens is 511 g/mol. The number of alkyl halides is 3. The molecule has 0 saturated heterocycles. The molecule has 0 unspecified atom stereocenters. The Bertz CT molecular complexity index is 1620. The molecule has 3 aromatic heterocycles. The molecule has 0 fully saturated rings. The van der Waals surface area contributed by atoms with Crippen LogP contribution in [0.5, 0.6) is 0 Å². The van der Waals surface area contributed by atoms with Crippen LogP contribution in [0.3, 0.4) is 0 Å². The van der Waals surface area contributed by atoms with Gasteiger partial charge in [-0.2, -0.15) is 13.2 Å². The zero-order valence-corrected chi connectivity index (χ0v) is 21.8. The van der Waals surface area contributed by atoms with Gasteiger partial charge in [-0.15, -0.1) is 10.2 Å². The van der Waals surface area contributed by atoms with Crippen molar-refractivity contribution in [1.29, 1.82) is 0 Å². The lowest BCUT2D eigenvalue weighted by molar-refractivity contribution is -0.141. The van der Waals surface area contributed by atoms with Gasteiger partial charge in [0.05, 0.1) is 23.4 Å². The summed E-state index contributed by atoms with van der Waals surface area (Å²) in [6, 6.07) is 10.6. The Kier molecular flexibility index (Phi) is 6.48. The maximum atomic E-state index is 13.1. The molecule has 0 radical (unpaired) electrons. The maximum Gasteiger partial charge on any atom is 0.435 e. The van der Waals surface area contributed by atoms with Gasteiger partial charge < -0.3 is 14.6 Å². The first kappa shape index (κ1) is 26.5. The summed E-state index contributed by atoms with van der Waals surface area (Å²) in [5.74, 6) is 0. The van der Waals surface area contributed by atoms with E-state index in [1.165, 1.54) is 21.6 Å². The number of hydrogen-bond donors (Lipinski definition) is 1. The van der Waals surface area contributed by atoms with Crippen LogP contribution in [0.4, 0.5) is 18.0 Å². The zero-order valence-electron chi connectivity index (χ0n) is 21.8. The third-order valence-corrected chi connectivity index (χ3v) is 6.81. The van der Waals surface area contributed by atoms with Crippen molar-refractivity contribution in [1.82, 2.24) is 24.2 Å². The minimum atomic E-state index is -4.59. The van der Waals surface area contributed by atoms with Gasteiger partial charge in [0, 0.05) is 47.6 Å². The highest BCUT2D eigenvalue weighted by Gasteiger charge is 2.33. The van der Waals surface area contributed by atoms with Gasteiger partial charge in [0.2, 0.25) is 0 Å². The Morgan fingerprint density at radius 1 is 1.05 bits per heavy atom. The third-order valence-electron chi connectivity index (χ3n) is 6.81. The highest BCUT2D eigenvalue weighted by atomic mass is 19.4. The van der Waals surface area contributed by atoms with Crippen molar-refractivity contribution in [2.75, 3.05) is 6.54 Å². The van der Waals surface area contributed by atoms with Crippen molar-refractivity contribution in [3.63, 3.8) is 0 Å². The molecule has 0 saturated carbocycles. The zero-order chi connectivity index (χ0) is 28.1. The van der Waals surface area contributed by atoms with Crippen LogP contribution in [0.2, 0.25) is 0 Å². The standard InChI is InChI=1S/C28H28F3N5O3/c1-27(2,3)16-36-22-5-4-11-34(26(38)39)15-20(22)19-7-6-18(14-23(19)36)35-12-10-17(13-25(35)37)21-8-9-24(33-32-21)28(29,30)31/h6-10,12-14H,4-5,11,15-16H2,1-3H3,(H,38,39). The second-order valence-corrected chi connectivity index (χ2v) is 11.0. The van der Waals surface area contributed by atoms with Gasteiger partial charge in [0.25, 0.3) is 5.56 Å². The van der Waals surface area contributed by atoms with E-state index in [0.29, 0.717) is 24.3 Å². The number of carboxylic acid groups (broad SMARTS) is 1. The number of fused-ring (bicyclic) bond motifs is 3. The summed E-state index contributed by atoms with van der Waals surface area (Å²) in [6.07, 6.45) is -2.50. The van der Waals surface area contributed by atoms with E-state index in [1.807, 2.05) is 18.2 Å². The fourth-order valence-corrected chi connectivity index (χ4v) is 5.09. The maximum absolute atomic E-state index is 13.1. The normalized spacial score (nSPS) is 14.4. The molecule has 11 heteroatoms. The van der Waals surface area contributed by atoms with Crippen LogP contribution in [0.1, 0.15) is 44.1 Å². The lowest BCUT2D eigenvalue weighted by atomic mass is 9.96. The number of aromatic nitrogens is 4. The van der Waals surface area contributed by atoms with E-state index in [9.17, 15) is 27.9 Å². The average molecular weight is 540 g/mol. The SMILES string of the molecule is CC(C)(C)Cn1c2c(c3ccc(-n4ccc(-c5ccc(C(F)(F)F)nn5)cc4=O)cc31)CN(C(=O)O)CCC2. The molecule has 4 heterocycles. The molecule has 0 bridgehead atoms. The van der Waals surface area contributed by atoms with Gasteiger partial charge in [0.15, 0.2) is 5.69 Å². The van der Waals surface area contributed by atoms with Gasteiger partial charge in [-0.1, -0.05) is 26.8 Å². The quantitative estimate of drug-likeness (QED) is 0.358. The van der Waals surface area contributed by atoms with E-state index in [-0.39, 0.29) is 16.7 Å². The third kappa shape index (κ3) is 5.25. The summed E-state index contributed by atoms with van der Waals surface area (Å²) in [4.78, 5) is 26.3. The largest absolute Gasteiger partial charge is 0.465 e. The predicted octanol–water partition coefficient (Wildman–Crippen LogP) is 5.74. The van der Waals surface area contributed by atoms with Gasteiger partial charge in [-0.05, 0) is 48.6 Å². The van der Waals surface area contributed by atoms with E-state index in [1.54, 1.807) is 12.3 Å². The van der Waals surface area contributed by atoms with E-state index in [2.05, 4.69) is 35.5 Å². The molecule has 5 rings (SSSR count). The number of benzene rings is 1. The van der Waals surface area contributed by atoms with Crippen molar-refractivity contribution < 1.29 is 23.1 Å². The van der Waals surface area contributed by atoms with Crippen molar-refractivity contribution in [3.05, 3.63) is 76.0 Å². The topological polar surface area (TPSA) is 93.3 Å². The van der Waals surface area contributed by atoms with Crippen molar-refractivity contribution in [2.45, 2.75) is 52.9 Å². The Labute approximate surface area is 222 Å². The fourth-order valence-electron chi connectivity index (χ4n) is 5.09. The number of halogens is 3. The van der Waals surface area contributed by atoms with Gasteiger partial charge in [-0.3, -0.25) is 9.36 Å². The average Bonchev–Trinajstić information content (AvgIpc) is 3.00. The smallest absolute Gasteiger partial charge is 0.435 e. The number of amides is 1. The van der Waals surface area contributed by atoms with Crippen molar-refractivity contribution >= 4 is 17.0 Å². The Morgan fingerprint density at radius 2 is 1.82 bits per heavy atom. The molecule has 204 valence electrons. The molecule has 1 amide bonds. The summed E-state index contributed by atoms with van der Waals surface area (Å²) >= 11 is 0. The Hall–Kier alpha value is -4.15. The summed E-state index contributed by atoms with van der Waals surface area (Å²) in [5, 5.41) is 17.5. The molecule has 1 aromatic carbocycles. The van der Waals surface area contributed by atoms with E-state index >= 15 is 0 Å². The molecule has 4 aromatic rings. The number of hydrogen-bond acceptors (Lipinski definition) is 4. The predicted molar refractivity (Wildman–Crippen MR) is 140 cm³/mol. The van der Waals surface area contributed by atoms with Crippen LogP contribution in [-0.2, 0) is 25.7 Å². The van der Waals surface area contributed by atoms with Crippen molar-refractivity contribution in [2.24, 2.45) is 5.41 Å².